The smallest absolute Gasteiger partial charge is 0.338 e. The molecule has 1 heterocycles. The molecule has 0 bridgehead atoms. The van der Waals surface area contributed by atoms with Gasteiger partial charge in [-0.25, -0.2) is 9.59 Å². The molecule has 9 nitrogen and oxygen atoms in total. The van der Waals surface area contributed by atoms with E-state index in [1.807, 2.05) is 114 Å². The van der Waals surface area contributed by atoms with Gasteiger partial charge in [0.1, 0.15) is 32.5 Å². The number of nitrogens with zero attached hydrogens (tertiary/aromatic N) is 1. The van der Waals surface area contributed by atoms with Crippen LogP contribution in [-0.2, 0) is 53.0 Å². The summed E-state index contributed by atoms with van der Waals surface area (Å²) in [6.07, 6.45) is -0.229. The lowest BCUT2D eigenvalue weighted by Crippen LogP contribution is -2.26. The van der Waals surface area contributed by atoms with Gasteiger partial charge >= 0.3 is 23.9 Å². The van der Waals surface area contributed by atoms with Gasteiger partial charge in [-0.15, -0.1) is 0 Å². The number of hydrogen-bond donors (Lipinski definition) is 0. The van der Waals surface area contributed by atoms with Crippen LogP contribution in [0.25, 0.3) is 21.8 Å². The lowest BCUT2D eigenvalue weighted by Gasteiger charge is -2.20. The number of carbonyl (C=O) groups is 4. The van der Waals surface area contributed by atoms with Gasteiger partial charge in [0, 0.05) is 21.8 Å². The van der Waals surface area contributed by atoms with Crippen molar-refractivity contribution in [1.82, 2.24) is 4.57 Å². The van der Waals surface area contributed by atoms with Crippen molar-refractivity contribution in [3.8, 4) is 0 Å². The second-order valence-corrected chi connectivity index (χ2v) is 11.6. The number of fused-ring (bicyclic) bond motifs is 3. The summed E-state index contributed by atoms with van der Waals surface area (Å²) < 4.78 is 23.6. The lowest BCUT2D eigenvalue weighted by molar-refractivity contribution is -0.155. The van der Waals surface area contributed by atoms with Crippen molar-refractivity contribution in [3.63, 3.8) is 0 Å². The summed E-state index contributed by atoms with van der Waals surface area (Å²) in [6, 6.07) is 39.5. The Balaban J connectivity index is 1.04. The topological polar surface area (TPSA) is 110 Å². The molecule has 6 rings (SSSR count). The van der Waals surface area contributed by atoms with E-state index in [-0.39, 0.29) is 50.8 Å². The number of esters is 4. The van der Waals surface area contributed by atoms with Crippen LogP contribution in [0.5, 0.6) is 0 Å². The average Bonchev–Trinajstić information content (AvgIpc) is 3.49. The summed E-state index contributed by atoms with van der Waals surface area (Å²) >= 11 is 0. The standard InChI is InChI=1S/C41H35NO8/c43-38(49-27-30-11-3-1-4-12-30)25-29-19-21-32(22-20-29)40(45)48-24-23-47-39(44)26-37(41(46)50-28-31-13-5-2-6-14-31)42-35-17-9-7-15-33(35)34-16-8-10-18-36(34)42/h1-22,37H,23-28H2/t37-/m0/s1. The highest BCUT2D eigenvalue weighted by Gasteiger charge is 2.29. The molecule has 0 fully saturated rings. The van der Waals surface area contributed by atoms with Crippen LogP contribution < -0.4 is 0 Å². The molecule has 0 saturated heterocycles. The van der Waals surface area contributed by atoms with Crippen LogP contribution in [0.4, 0.5) is 0 Å². The molecular formula is C41H35NO8. The van der Waals surface area contributed by atoms with Crippen LogP contribution in [0.3, 0.4) is 0 Å². The first-order chi connectivity index (χ1) is 24.5. The molecular weight excluding hydrogens is 634 g/mol. The molecule has 0 N–H and O–H groups in total. The molecule has 9 heteroatoms. The average molecular weight is 670 g/mol. The highest BCUT2D eigenvalue weighted by molar-refractivity contribution is 6.09. The normalized spacial score (nSPS) is 11.5. The van der Waals surface area contributed by atoms with Crippen LogP contribution in [-0.4, -0.2) is 41.7 Å². The van der Waals surface area contributed by atoms with E-state index in [4.69, 9.17) is 18.9 Å². The second kappa shape index (κ2) is 16.3. The molecule has 50 heavy (non-hydrogen) atoms. The van der Waals surface area contributed by atoms with E-state index in [9.17, 15) is 19.2 Å². The third-order valence-corrected chi connectivity index (χ3v) is 8.15. The summed E-state index contributed by atoms with van der Waals surface area (Å²) in [7, 11) is 0. The molecule has 0 saturated carbocycles. The van der Waals surface area contributed by atoms with Gasteiger partial charge < -0.3 is 23.5 Å². The molecule has 252 valence electrons. The maximum atomic E-state index is 13.6. The van der Waals surface area contributed by atoms with Gasteiger partial charge in [0.2, 0.25) is 0 Å². The third-order valence-electron chi connectivity index (χ3n) is 8.15. The zero-order valence-electron chi connectivity index (χ0n) is 27.2. The van der Waals surface area contributed by atoms with Crippen LogP contribution in [0.15, 0.2) is 133 Å². The van der Waals surface area contributed by atoms with Crippen LogP contribution in [0, 0.1) is 0 Å². The zero-order chi connectivity index (χ0) is 34.7. The first-order valence-electron chi connectivity index (χ1n) is 16.3. The van der Waals surface area contributed by atoms with Gasteiger partial charge in [-0.05, 0) is 41.0 Å². The van der Waals surface area contributed by atoms with Gasteiger partial charge in [-0.2, -0.15) is 0 Å². The van der Waals surface area contributed by atoms with Crippen LogP contribution in [0.1, 0.15) is 39.5 Å². The molecule has 0 radical (unpaired) electrons. The Labute approximate surface area is 288 Å². The van der Waals surface area contributed by atoms with E-state index in [1.165, 1.54) is 0 Å². The van der Waals surface area contributed by atoms with Crippen molar-refractivity contribution in [2.24, 2.45) is 0 Å². The Kier molecular flexibility index (Phi) is 10.9. The Morgan fingerprint density at radius 3 is 1.62 bits per heavy atom. The Morgan fingerprint density at radius 1 is 0.500 bits per heavy atom. The van der Waals surface area contributed by atoms with E-state index in [0.717, 1.165) is 32.9 Å². The van der Waals surface area contributed by atoms with Crippen molar-refractivity contribution < 1.29 is 38.1 Å². The van der Waals surface area contributed by atoms with Crippen molar-refractivity contribution in [2.75, 3.05) is 13.2 Å². The fourth-order valence-corrected chi connectivity index (χ4v) is 5.70. The maximum Gasteiger partial charge on any atom is 0.338 e. The first-order valence-corrected chi connectivity index (χ1v) is 16.3. The molecule has 0 amide bonds. The van der Waals surface area contributed by atoms with E-state index >= 15 is 0 Å². The largest absolute Gasteiger partial charge is 0.462 e. The van der Waals surface area contributed by atoms with Gasteiger partial charge in [-0.3, -0.25) is 9.59 Å². The molecule has 0 spiro atoms. The number of aromatic nitrogens is 1. The zero-order valence-corrected chi connectivity index (χ0v) is 27.2. The monoisotopic (exact) mass is 669 g/mol. The molecule has 0 aliphatic heterocycles. The molecule has 6 aromatic rings. The van der Waals surface area contributed by atoms with E-state index in [2.05, 4.69) is 0 Å². The number of para-hydroxylation sites is 2. The molecule has 5 aromatic carbocycles. The quantitative estimate of drug-likeness (QED) is 0.0683. The molecule has 0 unspecified atom stereocenters. The van der Waals surface area contributed by atoms with E-state index in [1.54, 1.807) is 24.3 Å². The SMILES string of the molecule is O=C(Cc1ccc(C(=O)OCCOC(=O)C[C@@H](C(=O)OCc2ccccc2)n2c3ccccc3c3ccccc32)cc1)OCc1ccccc1. The predicted octanol–water partition coefficient (Wildman–Crippen LogP) is 7.16. The van der Waals surface area contributed by atoms with Gasteiger partial charge in [-0.1, -0.05) is 109 Å². The Bertz CT molecular complexity index is 2040. The van der Waals surface area contributed by atoms with Crippen LogP contribution >= 0.6 is 0 Å². The van der Waals surface area contributed by atoms with Gasteiger partial charge in [0.05, 0.1) is 18.4 Å². The molecule has 1 aromatic heterocycles. The fourth-order valence-electron chi connectivity index (χ4n) is 5.70. The van der Waals surface area contributed by atoms with Gasteiger partial charge in [0.25, 0.3) is 0 Å². The predicted molar refractivity (Wildman–Crippen MR) is 187 cm³/mol. The van der Waals surface area contributed by atoms with Crippen LogP contribution in [0.2, 0.25) is 0 Å². The third kappa shape index (κ3) is 8.43. The highest BCUT2D eigenvalue weighted by Crippen LogP contribution is 2.33. The summed E-state index contributed by atoms with van der Waals surface area (Å²) in [5.74, 6) is -2.20. The lowest BCUT2D eigenvalue weighted by atomic mass is 10.1. The number of rotatable bonds is 14. The maximum absolute atomic E-state index is 13.6. The minimum atomic E-state index is -1.01. The minimum absolute atomic E-state index is 0.0532. The molecule has 0 aliphatic rings. The highest BCUT2D eigenvalue weighted by atomic mass is 16.6. The second-order valence-electron chi connectivity index (χ2n) is 11.6. The first kappa shape index (κ1) is 33.7. The summed E-state index contributed by atoms with van der Waals surface area (Å²) in [4.78, 5) is 51.6. The summed E-state index contributed by atoms with van der Waals surface area (Å²) in [5.41, 5.74) is 4.26. The number of hydrogen-bond acceptors (Lipinski definition) is 8. The molecule has 1 atom stereocenters. The fraction of sp³-hybridized carbons (Fsp3) is 0.171. The number of ether oxygens (including phenoxy) is 4. The van der Waals surface area contributed by atoms with Crippen molar-refractivity contribution in [1.29, 1.82) is 0 Å². The number of carbonyl (C=O) groups excluding carboxylic acids is 4. The summed E-state index contributed by atoms with van der Waals surface area (Å²) in [5, 5.41) is 1.89. The summed E-state index contributed by atoms with van der Waals surface area (Å²) in [6.45, 7) is -0.142. The minimum Gasteiger partial charge on any atom is -0.462 e. The van der Waals surface area contributed by atoms with Crippen molar-refractivity contribution >= 4 is 45.7 Å². The van der Waals surface area contributed by atoms with Crippen molar-refractivity contribution in [2.45, 2.75) is 32.1 Å². The number of benzene rings is 5. The molecule has 0 aliphatic carbocycles. The Morgan fingerprint density at radius 2 is 1.02 bits per heavy atom. The van der Waals surface area contributed by atoms with Gasteiger partial charge in [0.15, 0.2) is 0 Å². The van der Waals surface area contributed by atoms with E-state index in [0.29, 0.717) is 5.56 Å². The van der Waals surface area contributed by atoms with E-state index < -0.39 is 23.9 Å². The van der Waals surface area contributed by atoms with Crippen molar-refractivity contribution in [3.05, 3.63) is 156 Å². The Hall–Kier alpha value is -6.22.